The van der Waals surface area contributed by atoms with Crippen LogP contribution in [0.4, 0.5) is 31.9 Å². The first-order chi connectivity index (χ1) is 21.9. The van der Waals surface area contributed by atoms with E-state index in [1.165, 1.54) is 46.7 Å². The van der Waals surface area contributed by atoms with Gasteiger partial charge in [0.2, 0.25) is 5.91 Å². The molecule has 17 nitrogen and oxygen atoms in total. The molecule has 0 bridgehead atoms. The predicted molar refractivity (Wildman–Crippen MR) is 169 cm³/mol. The van der Waals surface area contributed by atoms with Crippen LogP contribution in [0.2, 0.25) is 0 Å². The first kappa shape index (κ1) is 32.1. The van der Waals surface area contributed by atoms with Crippen LogP contribution in [-0.2, 0) is 4.79 Å². The SMILES string of the molecule is CC(=O)Nc1nc(N(C)CCCCCNc2ncc(N=N/C=C(\C#N)C=N)s2)sc1/N=N/c1c(C#N)cnn1-c1ncccn1. The number of thiazole rings is 2. The maximum Gasteiger partial charge on any atom is 0.252 e. The lowest BCUT2D eigenvalue weighted by atomic mass is 10.2. The van der Waals surface area contributed by atoms with E-state index < -0.39 is 0 Å². The zero-order valence-electron chi connectivity index (χ0n) is 24.1. The molecule has 0 saturated carbocycles. The summed E-state index contributed by atoms with van der Waals surface area (Å²) in [6.07, 6.45) is 10.9. The lowest BCUT2D eigenvalue weighted by Gasteiger charge is -2.15. The van der Waals surface area contributed by atoms with Gasteiger partial charge in [-0.2, -0.15) is 25.4 Å². The number of carbonyl (C=O) groups is 1. The molecule has 0 saturated heterocycles. The molecule has 4 heterocycles. The summed E-state index contributed by atoms with van der Waals surface area (Å²) in [6.45, 7) is 2.83. The molecule has 0 unspecified atom stereocenters. The minimum Gasteiger partial charge on any atom is -0.361 e. The van der Waals surface area contributed by atoms with E-state index in [9.17, 15) is 10.1 Å². The molecular weight excluding hydrogens is 617 g/mol. The van der Waals surface area contributed by atoms with Gasteiger partial charge in [-0.3, -0.25) is 4.79 Å². The summed E-state index contributed by atoms with van der Waals surface area (Å²) in [6, 6.07) is 5.53. The van der Waals surface area contributed by atoms with Crippen LogP contribution in [0.15, 0.2) is 63.1 Å². The van der Waals surface area contributed by atoms with E-state index in [4.69, 9.17) is 10.7 Å². The van der Waals surface area contributed by atoms with Crippen molar-refractivity contribution < 1.29 is 4.79 Å². The number of hydrogen-bond donors (Lipinski definition) is 3. The third kappa shape index (κ3) is 9.10. The molecule has 0 spiro atoms. The van der Waals surface area contributed by atoms with Crippen LogP contribution >= 0.6 is 22.7 Å². The monoisotopic (exact) mass is 642 g/mol. The first-order valence-electron chi connectivity index (χ1n) is 13.3. The third-order valence-corrected chi connectivity index (χ3v) is 7.53. The van der Waals surface area contributed by atoms with Crippen LogP contribution in [0.25, 0.3) is 5.95 Å². The van der Waals surface area contributed by atoms with E-state index in [1.807, 2.05) is 24.1 Å². The molecule has 4 aromatic rings. The molecule has 0 atom stereocenters. The minimum absolute atomic E-state index is 0.107. The van der Waals surface area contributed by atoms with Gasteiger partial charge in [-0.1, -0.05) is 22.7 Å². The number of nitrogens with one attached hydrogen (secondary N) is 3. The van der Waals surface area contributed by atoms with E-state index in [0.717, 1.165) is 38.6 Å². The normalized spacial score (nSPS) is 11.4. The van der Waals surface area contributed by atoms with Crippen LogP contribution in [0.3, 0.4) is 0 Å². The Hall–Kier alpha value is -5.79. The van der Waals surface area contributed by atoms with Crippen LogP contribution in [0.5, 0.6) is 0 Å². The average molecular weight is 643 g/mol. The lowest BCUT2D eigenvalue weighted by Crippen LogP contribution is -2.18. The quantitative estimate of drug-likeness (QED) is 0.0620. The fourth-order valence-electron chi connectivity index (χ4n) is 3.52. The number of anilines is 3. The fourth-order valence-corrected chi connectivity index (χ4v) is 5.02. The van der Waals surface area contributed by atoms with Crippen molar-refractivity contribution in [1.29, 1.82) is 15.9 Å². The third-order valence-electron chi connectivity index (χ3n) is 5.64. The van der Waals surface area contributed by atoms with Crippen molar-refractivity contribution in [2.75, 3.05) is 35.7 Å². The van der Waals surface area contributed by atoms with Crippen LogP contribution < -0.4 is 15.5 Å². The summed E-state index contributed by atoms with van der Waals surface area (Å²) < 4.78 is 1.31. The molecule has 1 amide bonds. The topological polar surface area (TPSA) is 235 Å². The zero-order chi connectivity index (χ0) is 32.0. The highest BCUT2D eigenvalue weighted by Crippen LogP contribution is 2.38. The summed E-state index contributed by atoms with van der Waals surface area (Å²) in [4.78, 5) is 30.9. The molecule has 4 aromatic heterocycles. The van der Waals surface area contributed by atoms with E-state index in [1.54, 1.807) is 24.7 Å². The van der Waals surface area contributed by atoms with Crippen molar-refractivity contribution in [3.63, 3.8) is 0 Å². The van der Waals surface area contributed by atoms with Crippen molar-refractivity contribution >= 4 is 66.7 Å². The highest BCUT2D eigenvalue weighted by atomic mass is 32.1. The van der Waals surface area contributed by atoms with Gasteiger partial charge in [0.05, 0.1) is 24.2 Å². The molecule has 0 aliphatic carbocycles. The molecule has 0 fully saturated rings. The number of azo groups is 2. The number of rotatable bonds is 15. The molecule has 45 heavy (non-hydrogen) atoms. The number of allylic oxidation sites excluding steroid dienone is 1. The number of nitrogens with zero attached hydrogens (tertiary/aromatic N) is 13. The molecule has 0 aromatic carbocycles. The van der Waals surface area contributed by atoms with Crippen LogP contribution in [0.1, 0.15) is 31.7 Å². The van der Waals surface area contributed by atoms with Crippen LogP contribution in [0, 0.1) is 28.1 Å². The Balaban J connectivity index is 1.31. The van der Waals surface area contributed by atoms with Gasteiger partial charge < -0.3 is 20.9 Å². The van der Waals surface area contributed by atoms with E-state index in [0.29, 0.717) is 20.3 Å². The molecular formula is C26H26N16OS2. The Labute approximate surface area is 265 Å². The molecule has 0 radical (unpaired) electrons. The Kier molecular flexibility index (Phi) is 11.5. The molecule has 4 rings (SSSR count). The standard InChI is InChI=1S/C26H26N16OS2/c1-17(43)36-21-23(40-39-22-19(13-29)15-35-42(22)24-30-8-6-9-31-24)45-26(37-21)41(2)10-5-3-4-7-32-25-33-16-20(44-25)38-34-14-18(11-27)12-28/h6,8-9,11,14-16,27H,3-5,7,10H2,1-2H3,(H,32,33)(H,36,43)/b18-14-,27-11?,38-34?,40-39+. The number of carbonyl (C=O) groups excluding carboxylic acids is 1. The second-order valence-corrected chi connectivity index (χ2v) is 10.9. The number of hydrogen-bond acceptors (Lipinski definition) is 17. The average Bonchev–Trinajstić information content (AvgIpc) is 3.78. The van der Waals surface area contributed by atoms with Gasteiger partial charge >= 0.3 is 0 Å². The Morgan fingerprint density at radius 1 is 1.13 bits per heavy atom. The summed E-state index contributed by atoms with van der Waals surface area (Å²) in [5.41, 5.74) is 0.294. The Morgan fingerprint density at radius 3 is 2.69 bits per heavy atom. The fraction of sp³-hybridized carbons (Fsp3) is 0.269. The molecule has 3 N–H and O–H groups in total. The van der Waals surface area contributed by atoms with Crippen molar-refractivity contribution in [2.45, 2.75) is 26.2 Å². The first-order valence-corrected chi connectivity index (χ1v) is 14.9. The van der Waals surface area contributed by atoms with E-state index >= 15 is 0 Å². The van der Waals surface area contributed by atoms with Gasteiger partial charge in [0.15, 0.2) is 31.9 Å². The second-order valence-electron chi connectivity index (χ2n) is 8.95. The number of amides is 1. The smallest absolute Gasteiger partial charge is 0.252 e. The van der Waals surface area contributed by atoms with Crippen molar-refractivity contribution in [3.8, 4) is 18.1 Å². The molecule has 228 valence electrons. The summed E-state index contributed by atoms with van der Waals surface area (Å²) in [5, 5.41) is 54.2. The molecule has 19 heteroatoms. The van der Waals surface area contributed by atoms with Crippen molar-refractivity contribution in [3.05, 3.63) is 48.2 Å². The molecule has 0 aliphatic heterocycles. The maximum atomic E-state index is 11.8. The van der Waals surface area contributed by atoms with Gasteiger partial charge in [0, 0.05) is 45.7 Å². The second kappa shape index (κ2) is 16.2. The van der Waals surface area contributed by atoms with Gasteiger partial charge in [0.25, 0.3) is 5.95 Å². The van der Waals surface area contributed by atoms with Crippen molar-refractivity contribution in [1.82, 2.24) is 29.7 Å². The summed E-state index contributed by atoms with van der Waals surface area (Å²) in [7, 11) is 1.91. The highest BCUT2D eigenvalue weighted by molar-refractivity contribution is 7.20. The summed E-state index contributed by atoms with van der Waals surface area (Å²) >= 11 is 2.59. The van der Waals surface area contributed by atoms with E-state index in [-0.39, 0.29) is 34.6 Å². The lowest BCUT2D eigenvalue weighted by molar-refractivity contribution is -0.114. The minimum atomic E-state index is -0.304. The predicted octanol–water partition coefficient (Wildman–Crippen LogP) is 5.68. The van der Waals surface area contributed by atoms with Crippen molar-refractivity contribution in [2.24, 2.45) is 20.5 Å². The van der Waals surface area contributed by atoms with Gasteiger partial charge in [-0.15, -0.1) is 15.3 Å². The Morgan fingerprint density at radius 2 is 1.96 bits per heavy atom. The summed E-state index contributed by atoms with van der Waals surface area (Å²) in [5.74, 6) is 0.347. The van der Waals surface area contributed by atoms with Gasteiger partial charge in [0.1, 0.15) is 17.7 Å². The maximum absolute atomic E-state index is 11.8. The molecule has 0 aliphatic rings. The van der Waals surface area contributed by atoms with Gasteiger partial charge in [-0.25, -0.2) is 19.9 Å². The Bertz CT molecular complexity index is 1790. The number of aromatic nitrogens is 6. The van der Waals surface area contributed by atoms with Crippen LogP contribution in [-0.4, -0.2) is 62.0 Å². The van der Waals surface area contributed by atoms with Gasteiger partial charge in [-0.05, 0) is 25.3 Å². The largest absolute Gasteiger partial charge is 0.361 e. The number of unbranched alkanes of at least 4 members (excludes halogenated alkanes) is 2. The number of nitriles is 2. The van der Waals surface area contributed by atoms with E-state index in [2.05, 4.69) is 56.1 Å². The highest BCUT2D eigenvalue weighted by Gasteiger charge is 2.18. The zero-order valence-corrected chi connectivity index (χ0v) is 25.7.